The molecule has 0 saturated carbocycles. The fourth-order valence-corrected chi connectivity index (χ4v) is 1.63. The standard InChI is InChI=1S/C14H15NO3/c1-17-7-8-18-10-14(16)12-5-4-11-3-2-6-15-13(11)9-12/h2-6,9H,7-8,10H2,1H3. The molecule has 2 aromatic rings. The van der Waals surface area contributed by atoms with E-state index >= 15 is 0 Å². The number of methoxy groups -OCH3 is 1. The van der Waals surface area contributed by atoms with Crippen LogP contribution in [0.25, 0.3) is 10.9 Å². The summed E-state index contributed by atoms with van der Waals surface area (Å²) in [6, 6.07) is 9.32. The summed E-state index contributed by atoms with van der Waals surface area (Å²) >= 11 is 0. The predicted molar refractivity (Wildman–Crippen MR) is 68.8 cm³/mol. The van der Waals surface area contributed by atoms with Crippen LogP contribution in [0.3, 0.4) is 0 Å². The molecule has 1 aromatic heterocycles. The van der Waals surface area contributed by atoms with Crippen LogP contribution < -0.4 is 0 Å². The normalized spacial score (nSPS) is 10.7. The van der Waals surface area contributed by atoms with Gasteiger partial charge in [-0.3, -0.25) is 9.78 Å². The molecule has 18 heavy (non-hydrogen) atoms. The number of hydrogen-bond acceptors (Lipinski definition) is 4. The molecule has 0 aliphatic carbocycles. The molecular weight excluding hydrogens is 230 g/mol. The fourth-order valence-electron chi connectivity index (χ4n) is 1.63. The molecule has 0 fully saturated rings. The highest BCUT2D eigenvalue weighted by Gasteiger charge is 2.07. The lowest BCUT2D eigenvalue weighted by Gasteiger charge is -2.04. The van der Waals surface area contributed by atoms with Crippen LogP contribution in [0.1, 0.15) is 10.4 Å². The first-order valence-electron chi connectivity index (χ1n) is 5.76. The first-order valence-corrected chi connectivity index (χ1v) is 5.76. The van der Waals surface area contributed by atoms with Crippen molar-refractivity contribution in [1.82, 2.24) is 4.98 Å². The molecule has 1 aromatic carbocycles. The molecule has 0 N–H and O–H groups in total. The molecule has 0 amide bonds. The number of hydrogen-bond donors (Lipinski definition) is 0. The van der Waals surface area contributed by atoms with E-state index in [0.717, 1.165) is 10.9 Å². The van der Waals surface area contributed by atoms with Gasteiger partial charge in [0.25, 0.3) is 0 Å². The van der Waals surface area contributed by atoms with Gasteiger partial charge in [-0.05, 0) is 12.1 Å². The summed E-state index contributed by atoms with van der Waals surface area (Å²) in [5.41, 5.74) is 1.44. The number of aromatic nitrogens is 1. The third-order valence-corrected chi connectivity index (χ3v) is 2.59. The van der Waals surface area contributed by atoms with Crippen molar-refractivity contribution in [2.24, 2.45) is 0 Å². The molecule has 94 valence electrons. The number of nitrogens with zero attached hydrogens (tertiary/aromatic N) is 1. The van der Waals surface area contributed by atoms with E-state index in [9.17, 15) is 4.79 Å². The number of carbonyl (C=O) groups is 1. The maximum absolute atomic E-state index is 11.9. The molecular formula is C14H15NO3. The zero-order valence-corrected chi connectivity index (χ0v) is 10.3. The monoisotopic (exact) mass is 245 g/mol. The number of pyridine rings is 1. The summed E-state index contributed by atoms with van der Waals surface area (Å²) in [5, 5.41) is 1.02. The summed E-state index contributed by atoms with van der Waals surface area (Å²) in [5.74, 6) is -0.0429. The fraction of sp³-hybridized carbons (Fsp3) is 0.286. The third kappa shape index (κ3) is 3.12. The van der Waals surface area contributed by atoms with Crippen LogP contribution in [0, 0.1) is 0 Å². The Labute approximate surface area is 106 Å². The maximum atomic E-state index is 11.9. The van der Waals surface area contributed by atoms with E-state index in [1.807, 2.05) is 18.2 Å². The lowest BCUT2D eigenvalue weighted by atomic mass is 10.1. The molecule has 0 unspecified atom stereocenters. The highest BCUT2D eigenvalue weighted by molar-refractivity contribution is 6.00. The topological polar surface area (TPSA) is 48.4 Å². The zero-order valence-electron chi connectivity index (χ0n) is 10.3. The average molecular weight is 245 g/mol. The molecule has 0 saturated heterocycles. The van der Waals surface area contributed by atoms with Gasteiger partial charge >= 0.3 is 0 Å². The minimum Gasteiger partial charge on any atom is -0.382 e. The first-order chi connectivity index (χ1) is 8.81. The molecule has 0 aliphatic rings. The van der Waals surface area contributed by atoms with Crippen molar-refractivity contribution in [2.45, 2.75) is 0 Å². The van der Waals surface area contributed by atoms with Gasteiger partial charge in [0, 0.05) is 24.3 Å². The van der Waals surface area contributed by atoms with Crippen LogP contribution in [0.4, 0.5) is 0 Å². The number of ketones is 1. The van der Waals surface area contributed by atoms with Crippen LogP contribution >= 0.6 is 0 Å². The first kappa shape index (κ1) is 12.7. The van der Waals surface area contributed by atoms with Crippen LogP contribution in [-0.2, 0) is 9.47 Å². The summed E-state index contributed by atoms with van der Waals surface area (Å²) in [7, 11) is 1.60. The van der Waals surface area contributed by atoms with Gasteiger partial charge in [0.05, 0.1) is 18.7 Å². The molecule has 0 radical (unpaired) electrons. The quantitative estimate of drug-likeness (QED) is 0.577. The second-order valence-electron chi connectivity index (χ2n) is 3.88. The predicted octanol–water partition coefficient (Wildman–Crippen LogP) is 2.08. The van der Waals surface area contributed by atoms with Gasteiger partial charge in [-0.2, -0.15) is 0 Å². The zero-order chi connectivity index (χ0) is 12.8. The minimum absolute atomic E-state index is 0.0429. The number of Topliss-reactive ketones (excluding diaryl/α,β-unsaturated/α-hetero) is 1. The van der Waals surface area contributed by atoms with E-state index < -0.39 is 0 Å². The Kier molecular flexibility index (Phi) is 4.39. The van der Waals surface area contributed by atoms with Crippen LogP contribution in [0.5, 0.6) is 0 Å². The van der Waals surface area contributed by atoms with Crippen molar-refractivity contribution in [3.63, 3.8) is 0 Å². The van der Waals surface area contributed by atoms with Crippen LogP contribution in [-0.4, -0.2) is 37.7 Å². The minimum atomic E-state index is -0.0429. The molecule has 2 rings (SSSR count). The van der Waals surface area contributed by atoms with E-state index in [1.165, 1.54) is 0 Å². The van der Waals surface area contributed by atoms with E-state index in [-0.39, 0.29) is 12.4 Å². The molecule has 0 bridgehead atoms. The van der Waals surface area contributed by atoms with Gasteiger partial charge in [0.15, 0.2) is 5.78 Å². The van der Waals surface area contributed by atoms with Crippen molar-refractivity contribution in [2.75, 3.05) is 26.9 Å². The van der Waals surface area contributed by atoms with Gasteiger partial charge in [0.2, 0.25) is 0 Å². The molecule has 1 heterocycles. The van der Waals surface area contributed by atoms with E-state index in [1.54, 1.807) is 25.4 Å². The lowest BCUT2D eigenvalue weighted by Crippen LogP contribution is -2.12. The van der Waals surface area contributed by atoms with Crippen molar-refractivity contribution in [1.29, 1.82) is 0 Å². The van der Waals surface area contributed by atoms with Crippen LogP contribution in [0.2, 0.25) is 0 Å². The SMILES string of the molecule is COCCOCC(=O)c1ccc2cccnc2c1. The highest BCUT2D eigenvalue weighted by Crippen LogP contribution is 2.13. The molecule has 0 atom stereocenters. The molecule has 0 aliphatic heterocycles. The van der Waals surface area contributed by atoms with Crippen molar-refractivity contribution in [3.8, 4) is 0 Å². The maximum Gasteiger partial charge on any atom is 0.188 e. The summed E-state index contributed by atoms with van der Waals surface area (Å²) < 4.78 is 10.0. The Hall–Kier alpha value is -1.78. The smallest absolute Gasteiger partial charge is 0.188 e. The lowest BCUT2D eigenvalue weighted by molar-refractivity contribution is 0.0577. The number of benzene rings is 1. The van der Waals surface area contributed by atoms with E-state index in [0.29, 0.717) is 18.8 Å². The molecule has 0 spiro atoms. The summed E-state index contributed by atoms with van der Waals surface area (Å²) in [6.07, 6.45) is 1.71. The van der Waals surface area contributed by atoms with Gasteiger partial charge < -0.3 is 9.47 Å². The Morgan fingerprint density at radius 2 is 2.17 bits per heavy atom. The molecule has 4 heteroatoms. The second-order valence-corrected chi connectivity index (χ2v) is 3.88. The Bertz CT molecular complexity index is 539. The van der Waals surface area contributed by atoms with Gasteiger partial charge in [-0.25, -0.2) is 0 Å². The van der Waals surface area contributed by atoms with Gasteiger partial charge in [-0.15, -0.1) is 0 Å². The average Bonchev–Trinajstić information content (AvgIpc) is 2.43. The van der Waals surface area contributed by atoms with Crippen molar-refractivity contribution < 1.29 is 14.3 Å². The largest absolute Gasteiger partial charge is 0.382 e. The van der Waals surface area contributed by atoms with Gasteiger partial charge in [-0.1, -0.05) is 18.2 Å². The summed E-state index contributed by atoms with van der Waals surface area (Å²) in [6.45, 7) is 0.988. The number of carbonyl (C=O) groups excluding carboxylic acids is 1. The van der Waals surface area contributed by atoms with Gasteiger partial charge in [0.1, 0.15) is 6.61 Å². The number of rotatable bonds is 6. The number of ether oxygens (including phenoxy) is 2. The Balaban J connectivity index is 2.04. The van der Waals surface area contributed by atoms with Crippen molar-refractivity contribution in [3.05, 3.63) is 42.1 Å². The third-order valence-electron chi connectivity index (χ3n) is 2.59. The van der Waals surface area contributed by atoms with Crippen molar-refractivity contribution >= 4 is 16.7 Å². The Morgan fingerprint density at radius 1 is 1.28 bits per heavy atom. The molecule has 4 nitrogen and oxygen atoms in total. The Morgan fingerprint density at radius 3 is 3.00 bits per heavy atom. The van der Waals surface area contributed by atoms with E-state index in [2.05, 4.69) is 4.98 Å². The second kappa shape index (κ2) is 6.23. The van der Waals surface area contributed by atoms with E-state index in [4.69, 9.17) is 9.47 Å². The summed E-state index contributed by atoms with van der Waals surface area (Å²) in [4.78, 5) is 16.1. The highest BCUT2D eigenvalue weighted by atomic mass is 16.5. The van der Waals surface area contributed by atoms with Crippen LogP contribution in [0.15, 0.2) is 36.5 Å². The number of fused-ring (bicyclic) bond motifs is 1.